The van der Waals surface area contributed by atoms with Crippen LogP contribution in [0.2, 0.25) is 0 Å². The third kappa shape index (κ3) is 2.91. The molecule has 1 aromatic rings. The Morgan fingerprint density at radius 3 is 2.47 bits per heavy atom. The van der Waals surface area contributed by atoms with E-state index < -0.39 is 11.6 Å². The first kappa shape index (κ1) is 12.0. The third-order valence-corrected chi connectivity index (χ3v) is 2.23. The summed E-state index contributed by atoms with van der Waals surface area (Å²) in [6.45, 7) is 4.09. The van der Waals surface area contributed by atoms with Gasteiger partial charge in [0, 0.05) is 0 Å². The highest BCUT2D eigenvalue weighted by molar-refractivity contribution is 5.31. The quantitative estimate of drug-likeness (QED) is 0.726. The van der Waals surface area contributed by atoms with E-state index in [-0.39, 0.29) is 5.75 Å². The summed E-state index contributed by atoms with van der Waals surface area (Å²) in [4.78, 5) is 0. The number of aryl methyl sites for hydroxylation is 1. The molecule has 0 heterocycles. The third-order valence-electron chi connectivity index (χ3n) is 2.23. The number of unbranched alkanes of at least 4 members (excludes halogenated alkanes) is 1. The van der Waals surface area contributed by atoms with Crippen molar-refractivity contribution in [2.45, 2.75) is 33.1 Å². The van der Waals surface area contributed by atoms with Gasteiger partial charge in [-0.1, -0.05) is 19.4 Å². The zero-order chi connectivity index (χ0) is 11.3. The molecule has 0 bridgehead atoms. The maximum atomic E-state index is 13.5. The van der Waals surface area contributed by atoms with Crippen LogP contribution in [0.1, 0.15) is 32.3 Å². The van der Waals surface area contributed by atoms with Gasteiger partial charge in [0.15, 0.2) is 11.6 Å². The lowest BCUT2D eigenvalue weighted by atomic mass is 10.1. The summed E-state index contributed by atoms with van der Waals surface area (Å²) in [5.41, 5.74) is 0.429. The van der Waals surface area contributed by atoms with E-state index in [0.29, 0.717) is 18.6 Å². The average Bonchev–Trinajstić information content (AvgIpc) is 2.24. The van der Waals surface area contributed by atoms with Crippen LogP contribution in [0.3, 0.4) is 0 Å². The van der Waals surface area contributed by atoms with Gasteiger partial charge in [-0.05, 0) is 31.4 Å². The fraction of sp³-hybridized carbons (Fsp3) is 0.500. The van der Waals surface area contributed by atoms with E-state index in [1.54, 1.807) is 13.0 Å². The Morgan fingerprint density at radius 2 is 1.87 bits per heavy atom. The molecule has 1 rings (SSSR count). The van der Waals surface area contributed by atoms with Crippen molar-refractivity contribution >= 4 is 0 Å². The number of halogens is 2. The van der Waals surface area contributed by atoms with Crippen LogP contribution >= 0.6 is 0 Å². The smallest absolute Gasteiger partial charge is 0.200 e. The van der Waals surface area contributed by atoms with E-state index >= 15 is 0 Å². The zero-order valence-corrected chi connectivity index (χ0v) is 9.15. The molecule has 84 valence electrons. The number of hydrogen-bond acceptors (Lipinski definition) is 1. The maximum Gasteiger partial charge on any atom is 0.200 e. The molecule has 0 amide bonds. The fourth-order valence-corrected chi connectivity index (χ4v) is 1.40. The highest BCUT2D eigenvalue weighted by atomic mass is 19.2. The predicted octanol–water partition coefficient (Wildman–Crippen LogP) is 3.71. The summed E-state index contributed by atoms with van der Waals surface area (Å²) in [5, 5.41) is 0. The first-order valence-electron chi connectivity index (χ1n) is 5.30. The van der Waals surface area contributed by atoms with Gasteiger partial charge in [0.25, 0.3) is 0 Å². The van der Waals surface area contributed by atoms with Crippen molar-refractivity contribution in [3.8, 4) is 5.75 Å². The van der Waals surface area contributed by atoms with Crippen LogP contribution in [-0.2, 0) is 6.42 Å². The van der Waals surface area contributed by atoms with E-state index in [2.05, 4.69) is 0 Å². The minimum absolute atomic E-state index is 0.00440. The lowest BCUT2D eigenvalue weighted by molar-refractivity contribution is 0.313. The van der Waals surface area contributed by atoms with Gasteiger partial charge in [0.05, 0.1) is 6.61 Å². The Kier molecular flexibility index (Phi) is 4.53. The summed E-state index contributed by atoms with van der Waals surface area (Å²) < 4.78 is 31.8. The van der Waals surface area contributed by atoms with Crippen LogP contribution in [0.5, 0.6) is 5.75 Å². The van der Waals surface area contributed by atoms with Crippen LogP contribution < -0.4 is 4.74 Å². The van der Waals surface area contributed by atoms with Crippen LogP contribution in [0.4, 0.5) is 8.78 Å². The molecule has 3 heteroatoms. The minimum atomic E-state index is -0.870. The fourth-order valence-electron chi connectivity index (χ4n) is 1.40. The molecule has 0 spiro atoms. The maximum absolute atomic E-state index is 13.5. The predicted molar refractivity (Wildman–Crippen MR) is 56.1 cm³/mol. The molecule has 0 radical (unpaired) electrons. The molecular weight excluding hydrogens is 198 g/mol. The van der Waals surface area contributed by atoms with E-state index in [1.165, 1.54) is 6.07 Å². The van der Waals surface area contributed by atoms with Gasteiger partial charge in [-0.15, -0.1) is 0 Å². The largest absolute Gasteiger partial charge is 0.491 e. The second kappa shape index (κ2) is 5.69. The Balaban J connectivity index is 2.88. The number of hydrogen-bond donors (Lipinski definition) is 0. The van der Waals surface area contributed by atoms with Gasteiger partial charge in [-0.2, -0.15) is 4.39 Å². The van der Waals surface area contributed by atoms with E-state index in [4.69, 9.17) is 4.74 Å². The molecule has 0 aliphatic heterocycles. The Morgan fingerprint density at radius 1 is 1.13 bits per heavy atom. The lowest BCUT2D eigenvalue weighted by Crippen LogP contribution is -2.00. The SMILES string of the molecule is CCCCc1ccc(OCC)c(F)c1F. The molecule has 0 aliphatic rings. The first-order valence-corrected chi connectivity index (χ1v) is 5.30. The molecule has 0 unspecified atom stereocenters. The highest BCUT2D eigenvalue weighted by Gasteiger charge is 2.13. The van der Waals surface area contributed by atoms with E-state index in [0.717, 1.165) is 12.8 Å². The molecule has 0 saturated heterocycles. The molecule has 1 nitrogen and oxygen atoms in total. The zero-order valence-electron chi connectivity index (χ0n) is 9.15. The van der Waals surface area contributed by atoms with Crippen LogP contribution in [-0.4, -0.2) is 6.61 Å². The van der Waals surface area contributed by atoms with E-state index in [1.807, 2.05) is 6.92 Å². The molecule has 0 saturated carbocycles. The normalized spacial score (nSPS) is 10.4. The average molecular weight is 214 g/mol. The van der Waals surface area contributed by atoms with Gasteiger partial charge < -0.3 is 4.74 Å². The summed E-state index contributed by atoms with van der Waals surface area (Å²) >= 11 is 0. The second-order valence-corrected chi connectivity index (χ2v) is 3.39. The van der Waals surface area contributed by atoms with E-state index in [9.17, 15) is 8.78 Å². The van der Waals surface area contributed by atoms with Gasteiger partial charge >= 0.3 is 0 Å². The number of rotatable bonds is 5. The molecule has 0 aliphatic carbocycles. The minimum Gasteiger partial charge on any atom is -0.491 e. The van der Waals surface area contributed by atoms with Gasteiger partial charge in [0.2, 0.25) is 5.82 Å². The van der Waals surface area contributed by atoms with Crippen molar-refractivity contribution < 1.29 is 13.5 Å². The highest BCUT2D eigenvalue weighted by Crippen LogP contribution is 2.23. The summed E-state index contributed by atoms with van der Waals surface area (Å²) in [7, 11) is 0. The molecule has 15 heavy (non-hydrogen) atoms. The van der Waals surface area contributed by atoms with Gasteiger partial charge in [-0.3, -0.25) is 0 Å². The van der Waals surface area contributed by atoms with Crippen LogP contribution in [0.15, 0.2) is 12.1 Å². The molecule has 1 aromatic carbocycles. The van der Waals surface area contributed by atoms with Crippen LogP contribution in [0, 0.1) is 11.6 Å². The molecule has 0 atom stereocenters. The Labute approximate surface area is 89.1 Å². The standard InChI is InChI=1S/C12H16F2O/c1-3-5-6-9-7-8-10(15-4-2)12(14)11(9)13/h7-8H,3-6H2,1-2H3. The number of benzene rings is 1. The van der Waals surface area contributed by atoms with Crippen molar-refractivity contribution in [2.75, 3.05) is 6.61 Å². The number of ether oxygens (including phenoxy) is 1. The summed E-state index contributed by atoms with van der Waals surface area (Å²) in [6, 6.07) is 3.09. The summed E-state index contributed by atoms with van der Waals surface area (Å²) in [6.07, 6.45) is 2.41. The molecule has 0 aromatic heterocycles. The topological polar surface area (TPSA) is 9.23 Å². The van der Waals surface area contributed by atoms with Crippen molar-refractivity contribution in [3.05, 3.63) is 29.3 Å². The lowest BCUT2D eigenvalue weighted by Gasteiger charge is -2.08. The van der Waals surface area contributed by atoms with Gasteiger partial charge in [-0.25, -0.2) is 4.39 Å². The Hall–Kier alpha value is -1.12. The molecular formula is C12H16F2O. The second-order valence-electron chi connectivity index (χ2n) is 3.39. The van der Waals surface area contributed by atoms with Crippen molar-refractivity contribution in [1.29, 1.82) is 0 Å². The Bertz CT molecular complexity index is 324. The monoisotopic (exact) mass is 214 g/mol. The van der Waals surface area contributed by atoms with Crippen molar-refractivity contribution in [1.82, 2.24) is 0 Å². The molecule has 0 N–H and O–H groups in total. The van der Waals surface area contributed by atoms with Crippen molar-refractivity contribution in [2.24, 2.45) is 0 Å². The van der Waals surface area contributed by atoms with Crippen molar-refractivity contribution in [3.63, 3.8) is 0 Å². The summed E-state index contributed by atoms with van der Waals surface area (Å²) in [5.74, 6) is -1.64. The van der Waals surface area contributed by atoms with Crippen LogP contribution in [0.25, 0.3) is 0 Å². The van der Waals surface area contributed by atoms with Gasteiger partial charge in [0.1, 0.15) is 0 Å². The molecule has 0 fully saturated rings. The first-order chi connectivity index (χ1) is 7.20.